The highest BCUT2D eigenvalue weighted by atomic mass is 32.2. The van der Waals surface area contributed by atoms with Gasteiger partial charge in [-0.15, -0.1) is 0 Å². The van der Waals surface area contributed by atoms with Crippen molar-refractivity contribution in [3.63, 3.8) is 0 Å². The Kier molecular flexibility index (Phi) is 4.94. The molecule has 0 saturated carbocycles. The summed E-state index contributed by atoms with van der Waals surface area (Å²) in [5.41, 5.74) is 6.25. The van der Waals surface area contributed by atoms with Gasteiger partial charge >= 0.3 is 0 Å². The number of nitrogens with one attached hydrogen (secondary N) is 1. The maximum absolute atomic E-state index is 12.2. The quantitative estimate of drug-likeness (QED) is 0.737. The molecule has 112 valence electrons. The Labute approximate surface area is 124 Å². The summed E-state index contributed by atoms with van der Waals surface area (Å²) >= 11 is 0. The predicted octanol–water partition coefficient (Wildman–Crippen LogP) is -0.444. The van der Waals surface area contributed by atoms with Gasteiger partial charge in [-0.1, -0.05) is 11.8 Å². The molecular formula is C14H17N3O3S. The molecule has 2 heterocycles. The standard InChI is InChI=1S/C14H17N3O3S/c15-5-1-2-12-9-16-6-3-13(12)14(18)17-8-11-4-7-21(19,20)10-11/h3,6,9,11H,4-5,7-8,10,15H2,(H,17,18). The van der Waals surface area contributed by atoms with Crippen LogP contribution in [-0.2, 0) is 9.84 Å². The van der Waals surface area contributed by atoms with Crippen molar-refractivity contribution < 1.29 is 13.2 Å². The van der Waals surface area contributed by atoms with Crippen molar-refractivity contribution in [1.82, 2.24) is 10.3 Å². The van der Waals surface area contributed by atoms with Crippen LogP contribution in [0.4, 0.5) is 0 Å². The van der Waals surface area contributed by atoms with Crippen LogP contribution in [0.2, 0.25) is 0 Å². The van der Waals surface area contributed by atoms with Gasteiger partial charge in [0.05, 0.1) is 29.2 Å². The first kappa shape index (κ1) is 15.5. The Hall–Kier alpha value is -1.91. The van der Waals surface area contributed by atoms with Crippen molar-refractivity contribution in [2.24, 2.45) is 11.7 Å². The fraction of sp³-hybridized carbons (Fsp3) is 0.429. The third-order valence-corrected chi connectivity index (χ3v) is 5.11. The third kappa shape index (κ3) is 4.28. The van der Waals surface area contributed by atoms with Crippen molar-refractivity contribution in [2.75, 3.05) is 24.6 Å². The SMILES string of the molecule is NCC#Cc1cnccc1C(=O)NCC1CCS(=O)(=O)C1. The minimum atomic E-state index is -2.93. The van der Waals surface area contributed by atoms with Gasteiger partial charge in [0.25, 0.3) is 5.91 Å². The fourth-order valence-electron chi connectivity index (χ4n) is 2.20. The van der Waals surface area contributed by atoms with Crippen LogP contribution in [0.1, 0.15) is 22.3 Å². The number of carbonyl (C=O) groups excluding carboxylic acids is 1. The average Bonchev–Trinajstić information content (AvgIpc) is 2.82. The molecule has 0 radical (unpaired) electrons. The van der Waals surface area contributed by atoms with Crippen LogP contribution in [-0.4, -0.2) is 43.9 Å². The van der Waals surface area contributed by atoms with Crippen molar-refractivity contribution >= 4 is 15.7 Å². The second-order valence-electron chi connectivity index (χ2n) is 4.91. The summed E-state index contributed by atoms with van der Waals surface area (Å²) in [7, 11) is -2.93. The highest BCUT2D eigenvalue weighted by molar-refractivity contribution is 7.91. The lowest BCUT2D eigenvalue weighted by Crippen LogP contribution is -2.30. The second-order valence-corrected chi connectivity index (χ2v) is 7.13. The first-order valence-electron chi connectivity index (χ1n) is 6.63. The molecule has 1 aliphatic rings. The second kappa shape index (κ2) is 6.70. The van der Waals surface area contributed by atoms with E-state index in [1.54, 1.807) is 6.07 Å². The average molecular weight is 307 g/mol. The predicted molar refractivity (Wildman–Crippen MR) is 79.3 cm³/mol. The number of amides is 1. The zero-order chi connectivity index (χ0) is 15.3. The molecule has 2 rings (SSSR count). The van der Waals surface area contributed by atoms with Crippen LogP contribution < -0.4 is 11.1 Å². The number of nitrogens with zero attached hydrogens (tertiary/aromatic N) is 1. The number of nitrogens with two attached hydrogens (primary N) is 1. The van der Waals surface area contributed by atoms with E-state index in [0.29, 0.717) is 24.1 Å². The molecule has 1 atom stereocenters. The van der Waals surface area contributed by atoms with Gasteiger partial charge in [-0.3, -0.25) is 9.78 Å². The summed E-state index contributed by atoms with van der Waals surface area (Å²) in [6.07, 6.45) is 3.62. The van der Waals surface area contributed by atoms with Crippen LogP contribution in [0.5, 0.6) is 0 Å². The lowest BCUT2D eigenvalue weighted by Gasteiger charge is -2.10. The molecule has 0 spiro atoms. The van der Waals surface area contributed by atoms with Crippen LogP contribution >= 0.6 is 0 Å². The van der Waals surface area contributed by atoms with E-state index in [9.17, 15) is 13.2 Å². The molecule has 1 aromatic heterocycles. The summed E-state index contributed by atoms with van der Waals surface area (Å²) < 4.78 is 22.8. The molecule has 0 bridgehead atoms. The summed E-state index contributed by atoms with van der Waals surface area (Å²) in [6.45, 7) is 0.556. The Bertz CT molecular complexity index is 689. The first-order chi connectivity index (χ1) is 10.0. The van der Waals surface area contributed by atoms with Crippen molar-refractivity contribution in [3.8, 4) is 11.8 Å². The molecule has 3 N–H and O–H groups in total. The molecule has 1 aromatic rings. The Balaban J connectivity index is 2.01. The lowest BCUT2D eigenvalue weighted by molar-refractivity contribution is 0.0948. The van der Waals surface area contributed by atoms with Gasteiger partial charge in [-0.25, -0.2) is 8.42 Å². The maximum Gasteiger partial charge on any atom is 0.252 e. The van der Waals surface area contributed by atoms with Gasteiger partial charge < -0.3 is 11.1 Å². The molecular weight excluding hydrogens is 290 g/mol. The van der Waals surface area contributed by atoms with E-state index >= 15 is 0 Å². The molecule has 0 aromatic carbocycles. The molecule has 1 amide bonds. The number of carbonyl (C=O) groups is 1. The molecule has 1 unspecified atom stereocenters. The van der Waals surface area contributed by atoms with Gasteiger partial charge in [0.15, 0.2) is 9.84 Å². The topological polar surface area (TPSA) is 102 Å². The van der Waals surface area contributed by atoms with Crippen LogP contribution in [0.25, 0.3) is 0 Å². The van der Waals surface area contributed by atoms with Crippen LogP contribution in [0.3, 0.4) is 0 Å². The van der Waals surface area contributed by atoms with Crippen LogP contribution in [0, 0.1) is 17.8 Å². The zero-order valence-corrected chi connectivity index (χ0v) is 12.3. The van der Waals surface area contributed by atoms with Gasteiger partial charge in [0, 0.05) is 18.9 Å². The molecule has 6 nitrogen and oxygen atoms in total. The van der Waals surface area contributed by atoms with Crippen molar-refractivity contribution in [1.29, 1.82) is 0 Å². The van der Waals surface area contributed by atoms with E-state index in [1.807, 2.05) is 0 Å². The monoisotopic (exact) mass is 307 g/mol. The van der Waals surface area contributed by atoms with E-state index in [-0.39, 0.29) is 29.9 Å². The largest absolute Gasteiger partial charge is 0.352 e. The minimum Gasteiger partial charge on any atom is -0.352 e. The summed E-state index contributed by atoms with van der Waals surface area (Å²) in [5, 5.41) is 2.77. The van der Waals surface area contributed by atoms with E-state index in [2.05, 4.69) is 22.1 Å². The van der Waals surface area contributed by atoms with E-state index in [0.717, 1.165) is 0 Å². The number of hydrogen-bond acceptors (Lipinski definition) is 5. The first-order valence-corrected chi connectivity index (χ1v) is 8.45. The molecule has 1 aliphatic heterocycles. The van der Waals surface area contributed by atoms with Gasteiger partial charge in [0.2, 0.25) is 0 Å². The third-order valence-electron chi connectivity index (χ3n) is 3.27. The maximum atomic E-state index is 12.2. The number of aromatic nitrogens is 1. The van der Waals surface area contributed by atoms with Gasteiger partial charge in [-0.2, -0.15) is 0 Å². The molecule has 1 saturated heterocycles. The lowest BCUT2D eigenvalue weighted by atomic mass is 10.1. The van der Waals surface area contributed by atoms with Crippen molar-refractivity contribution in [3.05, 3.63) is 29.6 Å². The summed E-state index contributed by atoms with van der Waals surface area (Å²) in [5.74, 6) is 5.54. The number of sulfone groups is 1. The van der Waals surface area contributed by atoms with Gasteiger partial charge in [-0.05, 0) is 18.4 Å². The number of pyridine rings is 1. The highest BCUT2D eigenvalue weighted by Crippen LogP contribution is 2.17. The molecule has 1 fully saturated rings. The van der Waals surface area contributed by atoms with E-state index in [1.165, 1.54) is 12.4 Å². The minimum absolute atomic E-state index is 0.0145. The summed E-state index contributed by atoms with van der Waals surface area (Å²) in [4.78, 5) is 16.1. The number of hydrogen-bond donors (Lipinski definition) is 2. The number of rotatable bonds is 3. The van der Waals surface area contributed by atoms with E-state index < -0.39 is 9.84 Å². The highest BCUT2D eigenvalue weighted by Gasteiger charge is 2.28. The smallest absolute Gasteiger partial charge is 0.252 e. The van der Waals surface area contributed by atoms with Crippen LogP contribution in [0.15, 0.2) is 18.5 Å². The molecule has 0 aliphatic carbocycles. The molecule has 7 heteroatoms. The summed E-state index contributed by atoms with van der Waals surface area (Å²) in [6, 6.07) is 1.58. The zero-order valence-electron chi connectivity index (χ0n) is 11.5. The normalized spacial score (nSPS) is 19.6. The van der Waals surface area contributed by atoms with E-state index in [4.69, 9.17) is 5.73 Å². The molecule has 21 heavy (non-hydrogen) atoms. The Morgan fingerprint density at radius 1 is 1.52 bits per heavy atom. The Morgan fingerprint density at radius 3 is 3.00 bits per heavy atom. The fourth-order valence-corrected chi connectivity index (χ4v) is 4.07. The van der Waals surface area contributed by atoms with Crippen molar-refractivity contribution in [2.45, 2.75) is 6.42 Å². The van der Waals surface area contributed by atoms with Gasteiger partial charge in [0.1, 0.15) is 0 Å². The Morgan fingerprint density at radius 2 is 2.33 bits per heavy atom.